The molecule has 8 heteroatoms. The number of hydrogen-bond donors (Lipinski definition) is 3. The number of carbonyl (C=O) groups is 2. The van der Waals surface area contributed by atoms with Gasteiger partial charge in [0.1, 0.15) is 11.5 Å². The third-order valence-corrected chi connectivity index (χ3v) is 7.91. The molecule has 2 aromatic rings. The number of ether oxygens (including phenoxy) is 2. The van der Waals surface area contributed by atoms with Gasteiger partial charge in [-0.05, 0) is 68.0 Å². The van der Waals surface area contributed by atoms with Crippen LogP contribution >= 0.6 is 0 Å². The number of hydrogen-bond acceptors (Lipinski definition) is 6. The van der Waals surface area contributed by atoms with Crippen LogP contribution < -0.4 is 20.5 Å². The Labute approximate surface area is 250 Å². The number of methoxy groups -OCH3 is 2. The summed E-state index contributed by atoms with van der Waals surface area (Å²) in [6.07, 6.45) is 4.93. The Hall–Kier alpha value is -3.62. The smallest absolute Gasteiger partial charge is 0.249 e. The van der Waals surface area contributed by atoms with Gasteiger partial charge in [-0.15, -0.1) is 0 Å². The van der Waals surface area contributed by atoms with Gasteiger partial charge in [-0.3, -0.25) is 9.59 Å². The summed E-state index contributed by atoms with van der Waals surface area (Å²) in [5.41, 5.74) is 8.18. The van der Waals surface area contributed by atoms with E-state index in [0.717, 1.165) is 35.3 Å². The monoisotopic (exact) mass is 577 g/mol. The van der Waals surface area contributed by atoms with Crippen molar-refractivity contribution < 1.29 is 24.2 Å². The van der Waals surface area contributed by atoms with Crippen molar-refractivity contribution in [2.45, 2.75) is 59.1 Å². The van der Waals surface area contributed by atoms with Gasteiger partial charge in [-0.25, -0.2) is 0 Å². The number of nitrogens with two attached hydrogens (primary N) is 1. The maximum Gasteiger partial charge on any atom is 0.249 e. The van der Waals surface area contributed by atoms with Crippen LogP contribution in [0.15, 0.2) is 71.8 Å². The average Bonchev–Trinajstić information content (AvgIpc) is 2.99. The highest BCUT2D eigenvalue weighted by Crippen LogP contribution is 2.44. The molecule has 1 aliphatic carbocycles. The number of primary amides is 1. The van der Waals surface area contributed by atoms with E-state index >= 15 is 0 Å². The van der Waals surface area contributed by atoms with Crippen LogP contribution in [0.2, 0.25) is 0 Å². The van der Waals surface area contributed by atoms with Gasteiger partial charge in [-0.2, -0.15) is 0 Å². The molecule has 0 fully saturated rings. The maximum atomic E-state index is 13.7. The lowest BCUT2D eigenvalue weighted by molar-refractivity contribution is -0.132. The summed E-state index contributed by atoms with van der Waals surface area (Å²) >= 11 is 0. The molecule has 0 saturated heterocycles. The van der Waals surface area contributed by atoms with Gasteiger partial charge in [0.05, 0.1) is 25.7 Å². The molecule has 3 rings (SSSR count). The van der Waals surface area contributed by atoms with Crippen LogP contribution in [0, 0.1) is 11.3 Å². The minimum Gasteiger partial charge on any atom is -0.497 e. The predicted octanol–water partition coefficient (Wildman–Crippen LogP) is 4.41. The van der Waals surface area contributed by atoms with Crippen molar-refractivity contribution in [3.05, 3.63) is 83.0 Å². The molecular formula is C34H47N3O5. The fourth-order valence-corrected chi connectivity index (χ4v) is 5.92. The summed E-state index contributed by atoms with van der Waals surface area (Å²) in [6, 6.07) is 15.3. The predicted molar refractivity (Wildman–Crippen MR) is 166 cm³/mol. The van der Waals surface area contributed by atoms with Gasteiger partial charge in [0, 0.05) is 37.7 Å². The molecule has 0 aromatic heterocycles. The van der Waals surface area contributed by atoms with Crippen LogP contribution in [0.25, 0.3) is 0 Å². The third-order valence-electron chi connectivity index (χ3n) is 7.91. The molecule has 0 aliphatic heterocycles. The minimum absolute atomic E-state index is 0.0810. The minimum atomic E-state index is -1.27. The molecule has 3 atom stereocenters. The van der Waals surface area contributed by atoms with Crippen LogP contribution in [0.3, 0.4) is 0 Å². The first-order valence-electron chi connectivity index (χ1n) is 14.8. The van der Waals surface area contributed by atoms with Gasteiger partial charge in [0.2, 0.25) is 11.8 Å². The zero-order chi connectivity index (χ0) is 30.7. The Morgan fingerprint density at radius 2 is 1.62 bits per heavy atom. The second-order valence-electron chi connectivity index (χ2n) is 11.1. The fourth-order valence-electron chi connectivity index (χ4n) is 5.92. The number of nitrogens with one attached hydrogen (secondary N) is 1. The highest BCUT2D eigenvalue weighted by Gasteiger charge is 2.48. The number of amides is 2. The number of carbonyl (C=O) groups excluding carboxylic acids is 2. The van der Waals surface area contributed by atoms with E-state index in [0.29, 0.717) is 37.4 Å². The maximum absolute atomic E-state index is 13.7. The van der Waals surface area contributed by atoms with Gasteiger partial charge in [-0.1, -0.05) is 55.8 Å². The standard InChI is InChI=1S/C34H47N3O5/c1-6-14-37(15-7-2)32(39)27-16-24(3)20-34(21-27,33(35)40)30(19-25-10-8-12-28(17-25)41-4)31(38)23-36-22-26-11-9-13-29(18-26)42-5/h8-13,16-18,20,30-31,36,38H,6-7,14-15,19,21-23H2,1-5H3,(H2,35,40)/t30-,31+,34?/m1/s1. The van der Waals surface area contributed by atoms with E-state index in [1.54, 1.807) is 14.2 Å². The van der Waals surface area contributed by atoms with Crippen molar-refractivity contribution in [3.63, 3.8) is 0 Å². The Morgan fingerprint density at radius 3 is 2.19 bits per heavy atom. The van der Waals surface area contributed by atoms with Crippen molar-refractivity contribution in [3.8, 4) is 11.5 Å². The summed E-state index contributed by atoms with van der Waals surface area (Å²) in [5, 5.41) is 15.1. The number of benzene rings is 2. The van der Waals surface area contributed by atoms with Crippen molar-refractivity contribution in [2.24, 2.45) is 17.1 Å². The molecule has 0 saturated carbocycles. The van der Waals surface area contributed by atoms with Crippen molar-refractivity contribution in [1.82, 2.24) is 10.2 Å². The largest absolute Gasteiger partial charge is 0.497 e. The number of aliphatic hydroxyl groups excluding tert-OH is 1. The Kier molecular flexibility index (Phi) is 12.2. The lowest BCUT2D eigenvalue weighted by Crippen LogP contribution is -2.51. The Morgan fingerprint density at radius 1 is 1.02 bits per heavy atom. The van der Waals surface area contributed by atoms with Gasteiger partial charge in [0.15, 0.2) is 0 Å². The molecule has 228 valence electrons. The molecular weight excluding hydrogens is 530 g/mol. The molecule has 1 unspecified atom stereocenters. The first-order valence-corrected chi connectivity index (χ1v) is 14.8. The molecule has 2 amide bonds. The topological polar surface area (TPSA) is 114 Å². The van der Waals surface area contributed by atoms with Crippen molar-refractivity contribution >= 4 is 11.8 Å². The van der Waals surface area contributed by atoms with Crippen LogP contribution in [-0.4, -0.2) is 61.8 Å². The molecule has 0 bridgehead atoms. The first kappa shape index (κ1) is 32.9. The van der Waals surface area contributed by atoms with Crippen LogP contribution in [0.4, 0.5) is 0 Å². The van der Waals surface area contributed by atoms with Gasteiger partial charge < -0.3 is 30.5 Å². The van der Waals surface area contributed by atoms with Crippen molar-refractivity contribution in [2.75, 3.05) is 33.9 Å². The summed E-state index contributed by atoms with van der Waals surface area (Å²) in [7, 11) is 3.23. The molecule has 1 aliphatic rings. The van der Waals surface area contributed by atoms with Gasteiger partial charge >= 0.3 is 0 Å². The summed E-state index contributed by atoms with van der Waals surface area (Å²) in [6.45, 7) is 7.97. The fraction of sp³-hybridized carbons (Fsp3) is 0.471. The van der Waals surface area contributed by atoms with E-state index in [4.69, 9.17) is 15.2 Å². The first-order chi connectivity index (χ1) is 20.2. The summed E-state index contributed by atoms with van der Waals surface area (Å²) in [5.74, 6) is 0.188. The molecule has 0 spiro atoms. The van der Waals surface area contributed by atoms with E-state index in [1.807, 2.05) is 86.4 Å². The lowest BCUT2D eigenvalue weighted by atomic mass is 9.63. The zero-order valence-electron chi connectivity index (χ0n) is 25.7. The lowest BCUT2D eigenvalue weighted by Gasteiger charge is -2.42. The van der Waals surface area contributed by atoms with E-state index in [9.17, 15) is 14.7 Å². The van der Waals surface area contributed by atoms with E-state index in [2.05, 4.69) is 5.32 Å². The molecule has 4 N–H and O–H groups in total. The number of aliphatic hydroxyl groups is 1. The molecule has 0 heterocycles. The normalized spacial score (nSPS) is 18.0. The second-order valence-corrected chi connectivity index (χ2v) is 11.1. The zero-order valence-corrected chi connectivity index (χ0v) is 25.7. The molecule has 42 heavy (non-hydrogen) atoms. The quantitative estimate of drug-likeness (QED) is 0.272. The molecule has 2 aromatic carbocycles. The highest BCUT2D eigenvalue weighted by molar-refractivity contribution is 5.97. The van der Waals surface area contributed by atoms with E-state index in [1.165, 1.54) is 0 Å². The van der Waals surface area contributed by atoms with Gasteiger partial charge in [0.25, 0.3) is 0 Å². The van der Waals surface area contributed by atoms with E-state index < -0.39 is 23.3 Å². The second kappa shape index (κ2) is 15.6. The van der Waals surface area contributed by atoms with E-state index in [-0.39, 0.29) is 18.9 Å². The average molecular weight is 578 g/mol. The Balaban J connectivity index is 1.96. The van der Waals surface area contributed by atoms with Crippen molar-refractivity contribution in [1.29, 1.82) is 0 Å². The molecule has 0 radical (unpaired) electrons. The number of nitrogens with zero attached hydrogens (tertiary/aromatic N) is 1. The number of rotatable bonds is 16. The third kappa shape index (κ3) is 8.23. The number of allylic oxidation sites excluding steroid dienone is 2. The summed E-state index contributed by atoms with van der Waals surface area (Å²) in [4.78, 5) is 29.1. The van der Waals surface area contributed by atoms with Crippen LogP contribution in [0.1, 0.15) is 51.2 Å². The van der Waals surface area contributed by atoms with Crippen LogP contribution in [0.5, 0.6) is 11.5 Å². The Bertz CT molecular complexity index is 1270. The molecule has 8 nitrogen and oxygen atoms in total. The highest BCUT2D eigenvalue weighted by atomic mass is 16.5. The SMILES string of the molecule is CCCN(CCC)C(=O)C1=CC(C)=CC(C(N)=O)([C@H](Cc2cccc(OC)c2)[C@@H](O)CNCc2cccc(OC)c2)C1. The summed E-state index contributed by atoms with van der Waals surface area (Å²) < 4.78 is 10.8. The van der Waals surface area contributed by atoms with Crippen LogP contribution in [-0.2, 0) is 22.6 Å².